The lowest BCUT2D eigenvalue weighted by Gasteiger charge is -2.37. The SMILES string of the molecule is CCc1ccc(CC2(O)CCCC(CC(C)C)C2)nc1. The summed E-state index contributed by atoms with van der Waals surface area (Å²) in [5.74, 6) is 1.41. The molecule has 1 aliphatic rings. The minimum Gasteiger partial charge on any atom is -0.389 e. The van der Waals surface area contributed by atoms with Crippen molar-refractivity contribution in [1.82, 2.24) is 4.98 Å². The second kappa shape index (κ2) is 6.71. The molecule has 0 aromatic carbocycles. The van der Waals surface area contributed by atoms with Crippen molar-refractivity contribution in [1.29, 1.82) is 0 Å². The summed E-state index contributed by atoms with van der Waals surface area (Å²) in [6, 6.07) is 4.23. The third-order valence-corrected chi connectivity index (χ3v) is 4.53. The highest BCUT2D eigenvalue weighted by molar-refractivity contribution is 5.15. The van der Waals surface area contributed by atoms with Crippen LogP contribution in [0.15, 0.2) is 18.3 Å². The first-order valence-corrected chi connectivity index (χ1v) is 8.17. The first kappa shape index (κ1) is 15.5. The fourth-order valence-electron chi connectivity index (χ4n) is 3.60. The maximum atomic E-state index is 10.9. The molecule has 2 atom stereocenters. The average molecular weight is 275 g/mol. The predicted octanol–water partition coefficient (Wildman–Crippen LogP) is 4.15. The molecule has 112 valence electrons. The van der Waals surface area contributed by atoms with Crippen molar-refractivity contribution >= 4 is 0 Å². The maximum absolute atomic E-state index is 10.9. The molecule has 1 N–H and O–H groups in total. The average Bonchev–Trinajstić information content (AvgIpc) is 2.38. The van der Waals surface area contributed by atoms with E-state index in [0.717, 1.165) is 37.3 Å². The molecule has 1 aromatic heterocycles. The van der Waals surface area contributed by atoms with Crippen LogP contribution in [0.5, 0.6) is 0 Å². The molecule has 1 aromatic rings. The summed E-state index contributed by atoms with van der Waals surface area (Å²) in [6.45, 7) is 6.69. The number of aryl methyl sites for hydroxylation is 1. The van der Waals surface area contributed by atoms with Crippen molar-refractivity contribution in [2.45, 2.75) is 71.3 Å². The smallest absolute Gasteiger partial charge is 0.0705 e. The highest BCUT2D eigenvalue weighted by Crippen LogP contribution is 2.37. The van der Waals surface area contributed by atoms with Crippen LogP contribution in [0.25, 0.3) is 0 Å². The van der Waals surface area contributed by atoms with Gasteiger partial charge < -0.3 is 5.11 Å². The van der Waals surface area contributed by atoms with E-state index in [9.17, 15) is 5.11 Å². The maximum Gasteiger partial charge on any atom is 0.0705 e. The fraction of sp³-hybridized carbons (Fsp3) is 0.722. The van der Waals surface area contributed by atoms with Crippen molar-refractivity contribution in [3.05, 3.63) is 29.6 Å². The van der Waals surface area contributed by atoms with Gasteiger partial charge in [-0.25, -0.2) is 0 Å². The van der Waals surface area contributed by atoms with Crippen molar-refractivity contribution in [3.63, 3.8) is 0 Å². The molecule has 1 fully saturated rings. The molecule has 0 saturated heterocycles. The molecule has 2 nitrogen and oxygen atoms in total. The Hall–Kier alpha value is -0.890. The summed E-state index contributed by atoms with van der Waals surface area (Å²) in [5.41, 5.74) is 1.77. The third kappa shape index (κ3) is 4.31. The monoisotopic (exact) mass is 275 g/mol. The zero-order chi connectivity index (χ0) is 14.6. The number of hydrogen-bond acceptors (Lipinski definition) is 2. The van der Waals surface area contributed by atoms with Crippen molar-refractivity contribution < 1.29 is 5.11 Å². The van der Waals surface area contributed by atoms with E-state index in [1.807, 2.05) is 6.20 Å². The molecule has 1 aliphatic carbocycles. The Morgan fingerprint density at radius 1 is 1.40 bits per heavy atom. The first-order chi connectivity index (χ1) is 9.50. The lowest BCUT2D eigenvalue weighted by molar-refractivity contribution is -0.0196. The van der Waals surface area contributed by atoms with Gasteiger partial charge in [0.25, 0.3) is 0 Å². The van der Waals surface area contributed by atoms with Gasteiger partial charge in [-0.3, -0.25) is 4.98 Å². The minimum atomic E-state index is -0.529. The zero-order valence-corrected chi connectivity index (χ0v) is 13.2. The first-order valence-electron chi connectivity index (χ1n) is 8.17. The van der Waals surface area contributed by atoms with Crippen molar-refractivity contribution in [2.24, 2.45) is 11.8 Å². The number of aromatic nitrogens is 1. The molecule has 2 rings (SSSR count). The molecule has 0 amide bonds. The second-order valence-electron chi connectivity index (χ2n) is 7.00. The molecule has 0 aliphatic heterocycles. The van der Waals surface area contributed by atoms with Gasteiger partial charge in [0.1, 0.15) is 0 Å². The second-order valence-corrected chi connectivity index (χ2v) is 7.00. The van der Waals surface area contributed by atoms with Gasteiger partial charge in [0.05, 0.1) is 5.60 Å². The van der Waals surface area contributed by atoms with E-state index < -0.39 is 5.60 Å². The van der Waals surface area contributed by atoms with Crippen LogP contribution in [0.2, 0.25) is 0 Å². The summed E-state index contributed by atoms with van der Waals surface area (Å²) in [4.78, 5) is 4.51. The van der Waals surface area contributed by atoms with Crippen LogP contribution >= 0.6 is 0 Å². The van der Waals surface area contributed by atoms with Crippen LogP contribution in [0.1, 0.15) is 64.1 Å². The Kier molecular flexibility index (Phi) is 5.20. The van der Waals surface area contributed by atoms with Crippen LogP contribution in [-0.2, 0) is 12.8 Å². The molecule has 0 spiro atoms. The normalized spacial score (nSPS) is 26.9. The molecule has 0 radical (unpaired) electrons. The van der Waals surface area contributed by atoms with Gasteiger partial charge >= 0.3 is 0 Å². The summed E-state index contributed by atoms with van der Waals surface area (Å²) >= 11 is 0. The van der Waals surface area contributed by atoms with Crippen LogP contribution in [0, 0.1) is 11.8 Å². The molecule has 2 heteroatoms. The molecule has 1 saturated carbocycles. The molecule has 1 heterocycles. The summed E-state index contributed by atoms with van der Waals surface area (Å²) in [7, 11) is 0. The largest absolute Gasteiger partial charge is 0.389 e. The van der Waals surface area contributed by atoms with E-state index in [1.165, 1.54) is 18.4 Å². The molecule has 0 bridgehead atoms. The van der Waals surface area contributed by atoms with Gasteiger partial charge in [-0.05, 0) is 49.1 Å². The van der Waals surface area contributed by atoms with Gasteiger partial charge in [0.2, 0.25) is 0 Å². The van der Waals surface area contributed by atoms with E-state index in [-0.39, 0.29) is 0 Å². The summed E-state index contributed by atoms with van der Waals surface area (Å²) in [5, 5.41) is 10.9. The number of hydrogen-bond donors (Lipinski definition) is 1. The van der Waals surface area contributed by atoms with Crippen LogP contribution in [0.3, 0.4) is 0 Å². The predicted molar refractivity (Wildman–Crippen MR) is 83.7 cm³/mol. The van der Waals surface area contributed by atoms with Gasteiger partial charge in [-0.1, -0.05) is 39.7 Å². The lowest BCUT2D eigenvalue weighted by Crippen LogP contribution is -2.38. The highest BCUT2D eigenvalue weighted by atomic mass is 16.3. The fourth-order valence-corrected chi connectivity index (χ4v) is 3.60. The zero-order valence-electron chi connectivity index (χ0n) is 13.2. The van der Waals surface area contributed by atoms with Gasteiger partial charge in [-0.2, -0.15) is 0 Å². The number of nitrogens with zero attached hydrogens (tertiary/aromatic N) is 1. The van der Waals surface area contributed by atoms with E-state index in [4.69, 9.17) is 0 Å². The molecular weight excluding hydrogens is 246 g/mol. The lowest BCUT2D eigenvalue weighted by atomic mass is 9.73. The van der Waals surface area contributed by atoms with Crippen LogP contribution in [-0.4, -0.2) is 15.7 Å². The highest BCUT2D eigenvalue weighted by Gasteiger charge is 2.34. The minimum absolute atomic E-state index is 0.529. The Bertz CT molecular complexity index is 412. The van der Waals surface area contributed by atoms with Gasteiger partial charge in [0, 0.05) is 18.3 Å². The number of rotatable bonds is 5. The Labute approximate surface area is 123 Å². The number of pyridine rings is 1. The quantitative estimate of drug-likeness (QED) is 0.875. The Morgan fingerprint density at radius 3 is 2.80 bits per heavy atom. The van der Waals surface area contributed by atoms with Crippen LogP contribution < -0.4 is 0 Å². The summed E-state index contributed by atoms with van der Waals surface area (Å²) in [6.07, 6.45) is 9.24. The van der Waals surface area contributed by atoms with Gasteiger partial charge in [-0.15, -0.1) is 0 Å². The third-order valence-electron chi connectivity index (χ3n) is 4.53. The van der Waals surface area contributed by atoms with E-state index in [0.29, 0.717) is 12.3 Å². The van der Waals surface area contributed by atoms with Crippen molar-refractivity contribution in [2.75, 3.05) is 0 Å². The Balaban J connectivity index is 1.98. The topological polar surface area (TPSA) is 33.1 Å². The van der Waals surface area contributed by atoms with Crippen LogP contribution in [0.4, 0.5) is 0 Å². The summed E-state index contributed by atoms with van der Waals surface area (Å²) < 4.78 is 0. The number of aliphatic hydroxyl groups is 1. The standard InChI is InChI=1S/C18H29NO/c1-4-15-7-8-17(19-13-15)12-18(20)9-5-6-16(11-18)10-14(2)3/h7-8,13-14,16,20H,4-6,9-12H2,1-3H3. The molecule has 2 unspecified atom stereocenters. The van der Waals surface area contributed by atoms with Gasteiger partial charge in [0.15, 0.2) is 0 Å². The molecule has 20 heavy (non-hydrogen) atoms. The molecular formula is C18H29NO. The van der Waals surface area contributed by atoms with E-state index >= 15 is 0 Å². The Morgan fingerprint density at radius 2 is 2.20 bits per heavy atom. The van der Waals surface area contributed by atoms with Crippen molar-refractivity contribution in [3.8, 4) is 0 Å². The van der Waals surface area contributed by atoms with E-state index in [1.54, 1.807) is 0 Å². The van der Waals surface area contributed by atoms with E-state index in [2.05, 4.69) is 37.9 Å².